The van der Waals surface area contributed by atoms with E-state index in [0.29, 0.717) is 5.11 Å². The standard InChI is InChI=1S/C20H19ClN4S2/c1-24(2)13-6-8-14(9-7-13)25-19(16-10-11-17(21)27-16)18(23-20(25)26)15-5-3-4-12-22-15/h3-12,18-19H,1-2H3,(H,23,26)/t18-,19-/m0/s1. The highest BCUT2D eigenvalue weighted by atomic mass is 35.5. The fourth-order valence-electron chi connectivity index (χ4n) is 3.32. The lowest BCUT2D eigenvalue weighted by atomic mass is 10.0. The van der Waals surface area contributed by atoms with Crippen molar-refractivity contribution < 1.29 is 0 Å². The number of halogens is 1. The highest BCUT2D eigenvalue weighted by Crippen LogP contribution is 2.44. The molecule has 7 heteroatoms. The number of thiocarbonyl (C=S) groups is 1. The van der Waals surface area contributed by atoms with E-state index < -0.39 is 0 Å². The van der Waals surface area contributed by atoms with Crippen LogP contribution in [0.15, 0.2) is 60.8 Å². The van der Waals surface area contributed by atoms with Crippen molar-refractivity contribution in [2.45, 2.75) is 12.1 Å². The number of pyridine rings is 1. The average Bonchev–Trinajstić information content (AvgIpc) is 3.25. The van der Waals surface area contributed by atoms with Gasteiger partial charge in [0.05, 0.1) is 22.1 Å². The van der Waals surface area contributed by atoms with Crippen LogP contribution >= 0.6 is 35.2 Å². The second kappa shape index (κ2) is 7.46. The summed E-state index contributed by atoms with van der Waals surface area (Å²) in [5.74, 6) is 0. The fraction of sp³-hybridized carbons (Fsp3) is 0.200. The third-order valence-electron chi connectivity index (χ3n) is 4.63. The van der Waals surface area contributed by atoms with Crippen molar-refractivity contribution in [3.8, 4) is 0 Å². The van der Waals surface area contributed by atoms with Gasteiger partial charge in [0.1, 0.15) is 0 Å². The number of hydrogen-bond donors (Lipinski definition) is 1. The Bertz CT molecular complexity index is 940. The maximum atomic E-state index is 6.24. The van der Waals surface area contributed by atoms with Crippen molar-refractivity contribution in [2.24, 2.45) is 0 Å². The number of nitrogens with zero attached hydrogens (tertiary/aromatic N) is 3. The first-order valence-corrected chi connectivity index (χ1v) is 10.2. The molecular formula is C20H19ClN4S2. The molecule has 0 bridgehead atoms. The van der Waals surface area contributed by atoms with E-state index in [1.165, 1.54) is 0 Å². The van der Waals surface area contributed by atoms with Crippen LogP contribution in [0.3, 0.4) is 0 Å². The largest absolute Gasteiger partial charge is 0.378 e. The molecule has 0 unspecified atom stereocenters. The molecule has 4 nitrogen and oxygen atoms in total. The quantitative estimate of drug-likeness (QED) is 0.604. The highest BCUT2D eigenvalue weighted by molar-refractivity contribution is 7.80. The van der Waals surface area contributed by atoms with E-state index in [0.717, 1.165) is 26.3 Å². The van der Waals surface area contributed by atoms with Gasteiger partial charge in [-0.3, -0.25) is 4.98 Å². The molecule has 0 aliphatic carbocycles. The predicted molar refractivity (Wildman–Crippen MR) is 118 cm³/mol. The van der Waals surface area contributed by atoms with Crippen LogP contribution in [0.5, 0.6) is 0 Å². The van der Waals surface area contributed by atoms with E-state index in [9.17, 15) is 0 Å². The molecule has 1 fully saturated rings. The van der Waals surface area contributed by atoms with E-state index in [1.54, 1.807) is 11.3 Å². The predicted octanol–water partition coefficient (Wildman–Crippen LogP) is 5.04. The summed E-state index contributed by atoms with van der Waals surface area (Å²) in [6.07, 6.45) is 1.81. The Labute approximate surface area is 173 Å². The van der Waals surface area contributed by atoms with Crippen LogP contribution < -0.4 is 15.1 Å². The van der Waals surface area contributed by atoms with Crippen molar-refractivity contribution in [1.29, 1.82) is 0 Å². The van der Waals surface area contributed by atoms with Crippen molar-refractivity contribution in [2.75, 3.05) is 23.9 Å². The first-order chi connectivity index (χ1) is 13.0. The van der Waals surface area contributed by atoms with Gasteiger partial charge in [-0.25, -0.2) is 0 Å². The number of thiophene rings is 1. The van der Waals surface area contributed by atoms with Gasteiger partial charge in [0, 0.05) is 36.5 Å². The van der Waals surface area contributed by atoms with Gasteiger partial charge >= 0.3 is 0 Å². The molecule has 3 heterocycles. The molecule has 0 spiro atoms. The minimum absolute atomic E-state index is 0.00453. The summed E-state index contributed by atoms with van der Waals surface area (Å²) < 4.78 is 0.769. The normalized spacial score (nSPS) is 19.2. The summed E-state index contributed by atoms with van der Waals surface area (Å²) >= 11 is 13.5. The smallest absolute Gasteiger partial charge is 0.174 e. The molecule has 1 aliphatic rings. The van der Waals surface area contributed by atoms with Crippen LogP contribution in [0.25, 0.3) is 0 Å². The molecule has 4 rings (SSSR count). The molecule has 0 radical (unpaired) electrons. The lowest BCUT2D eigenvalue weighted by Crippen LogP contribution is -2.29. The number of nitrogens with one attached hydrogen (secondary N) is 1. The number of benzene rings is 1. The van der Waals surface area contributed by atoms with Gasteiger partial charge in [-0.05, 0) is 60.7 Å². The van der Waals surface area contributed by atoms with Crippen LogP contribution in [-0.4, -0.2) is 24.2 Å². The molecule has 27 heavy (non-hydrogen) atoms. The summed E-state index contributed by atoms with van der Waals surface area (Å²) in [5.41, 5.74) is 3.15. The highest BCUT2D eigenvalue weighted by Gasteiger charge is 2.41. The van der Waals surface area contributed by atoms with E-state index >= 15 is 0 Å². The SMILES string of the molecule is CN(C)c1ccc(N2C(=S)N[C@@H](c3ccccn3)[C@@H]2c2ccc(Cl)s2)cc1. The summed E-state index contributed by atoms with van der Waals surface area (Å²) in [6.45, 7) is 0. The average molecular weight is 415 g/mol. The second-order valence-corrected chi connectivity index (χ2v) is 8.68. The van der Waals surface area contributed by atoms with Crippen LogP contribution in [0, 0.1) is 0 Å². The summed E-state index contributed by atoms with van der Waals surface area (Å²) in [7, 11) is 4.06. The van der Waals surface area contributed by atoms with Crippen molar-refractivity contribution in [3.05, 3.63) is 75.7 Å². The molecule has 1 saturated heterocycles. The molecule has 0 amide bonds. The minimum atomic E-state index is -0.0399. The number of anilines is 2. The summed E-state index contributed by atoms with van der Waals surface area (Å²) in [5, 5.41) is 4.15. The molecule has 1 N–H and O–H groups in total. The van der Waals surface area contributed by atoms with E-state index in [-0.39, 0.29) is 12.1 Å². The Morgan fingerprint density at radius 1 is 1.11 bits per heavy atom. The fourth-order valence-corrected chi connectivity index (χ4v) is 4.86. The second-order valence-electron chi connectivity index (χ2n) is 6.55. The third kappa shape index (κ3) is 3.52. The molecule has 2 aromatic heterocycles. The Kier molecular flexibility index (Phi) is 5.04. The third-order valence-corrected chi connectivity index (χ3v) is 6.24. The zero-order valence-corrected chi connectivity index (χ0v) is 17.4. The number of hydrogen-bond acceptors (Lipinski definition) is 4. The first-order valence-electron chi connectivity index (χ1n) is 8.58. The van der Waals surface area contributed by atoms with E-state index in [2.05, 4.69) is 50.4 Å². The van der Waals surface area contributed by atoms with Crippen LogP contribution in [0.4, 0.5) is 11.4 Å². The van der Waals surface area contributed by atoms with Gasteiger partial charge in [0.2, 0.25) is 0 Å². The molecule has 2 atom stereocenters. The Morgan fingerprint density at radius 2 is 1.89 bits per heavy atom. The summed E-state index contributed by atoms with van der Waals surface area (Å²) in [6, 6.07) is 18.3. The van der Waals surface area contributed by atoms with E-state index in [4.69, 9.17) is 23.8 Å². The maximum absolute atomic E-state index is 6.24. The summed E-state index contributed by atoms with van der Waals surface area (Å²) in [4.78, 5) is 9.96. The van der Waals surface area contributed by atoms with Gasteiger partial charge in [0.25, 0.3) is 0 Å². The molecule has 0 saturated carbocycles. The van der Waals surface area contributed by atoms with Gasteiger partial charge in [-0.2, -0.15) is 0 Å². The Morgan fingerprint density at radius 3 is 2.48 bits per heavy atom. The van der Waals surface area contributed by atoms with Crippen LogP contribution in [0.1, 0.15) is 22.7 Å². The van der Waals surface area contributed by atoms with E-state index in [1.807, 2.05) is 44.6 Å². The number of aromatic nitrogens is 1. The topological polar surface area (TPSA) is 31.4 Å². The minimum Gasteiger partial charge on any atom is -0.378 e. The van der Waals surface area contributed by atoms with Gasteiger partial charge in [-0.15, -0.1) is 11.3 Å². The Balaban J connectivity index is 1.78. The monoisotopic (exact) mass is 414 g/mol. The molecule has 138 valence electrons. The zero-order valence-electron chi connectivity index (χ0n) is 15.0. The molecule has 1 aromatic carbocycles. The maximum Gasteiger partial charge on any atom is 0.174 e. The number of rotatable bonds is 4. The molecule has 3 aromatic rings. The lowest BCUT2D eigenvalue weighted by Gasteiger charge is -2.27. The lowest BCUT2D eigenvalue weighted by molar-refractivity contribution is 0.575. The molecule has 1 aliphatic heterocycles. The van der Waals surface area contributed by atoms with Gasteiger partial charge in [0.15, 0.2) is 5.11 Å². The Hall–Kier alpha value is -2.15. The van der Waals surface area contributed by atoms with Crippen molar-refractivity contribution in [3.63, 3.8) is 0 Å². The zero-order chi connectivity index (χ0) is 19.0. The van der Waals surface area contributed by atoms with Gasteiger partial charge in [-0.1, -0.05) is 17.7 Å². The molecular weight excluding hydrogens is 396 g/mol. The van der Waals surface area contributed by atoms with Crippen LogP contribution in [-0.2, 0) is 0 Å². The van der Waals surface area contributed by atoms with Crippen molar-refractivity contribution >= 4 is 51.6 Å². The van der Waals surface area contributed by atoms with Crippen LogP contribution in [0.2, 0.25) is 4.34 Å². The first kappa shape index (κ1) is 18.2. The van der Waals surface area contributed by atoms with Crippen molar-refractivity contribution in [1.82, 2.24) is 10.3 Å². The van der Waals surface area contributed by atoms with Gasteiger partial charge < -0.3 is 15.1 Å².